The van der Waals surface area contributed by atoms with Crippen LogP contribution in [0, 0.1) is 0 Å². The second-order valence-electron chi connectivity index (χ2n) is 3.29. The Labute approximate surface area is 100 Å². The van der Waals surface area contributed by atoms with Crippen molar-refractivity contribution >= 4 is 11.6 Å². The summed E-state index contributed by atoms with van der Waals surface area (Å²) >= 11 is 5.68. The molecule has 2 rings (SSSR count). The van der Waals surface area contributed by atoms with Gasteiger partial charge in [-0.15, -0.1) is 0 Å². The molecule has 0 aliphatic rings. The number of benzene rings is 1. The Bertz CT molecular complexity index is 523. The van der Waals surface area contributed by atoms with E-state index in [4.69, 9.17) is 11.6 Å². The van der Waals surface area contributed by atoms with E-state index >= 15 is 0 Å². The van der Waals surface area contributed by atoms with Gasteiger partial charge in [-0.1, -0.05) is 23.7 Å². The zero-order chi connectivity index (χ0) is 12.5. The molecule has 0 spiro atoms. The molecule has 0 radical (unpaired) electrons. The van der Waals surface area contributed by atoms with Gasteiger partial charge in [0.15, 0.2) is 5.69 Å². The van der Waals surface area contributed by atoms with Crippen LogP contribution in [0.15, 0.2) is 36.8 Å². The number of nitrogens with zero attached hydrogens (tertiary/aromatic N) is 2. The Balaban J connectivity index is 2.56. The Morgan fingerprint density at radius 1 is 1.06 bits per heavy atom. The highest BCUT2D eigenvalue weighted by atomic mass is 35.5. The number of hydrogen-bond donors (Lipinski definition) is 0. The molecule has 0 saturated heterocycles. The van der Waals surface area contributed by atoms with Crippen molar-refractivity contribution in [2.24, 2.45) is 0 Å². The second kappa shape index (κ2) is 4.33. The van der Waals surface area contributed by atoms with Gasteiger partial charge in [0, 0.05) is 16.8 Å². The van der Waals surface area contributed by atoms with Gasteiger partial charge in [0.2, 0.25) is 0 Å². The lowest BCUT2D eigenvalue weighted by Crippen LogP contribution is -2.10. The fourth-order valence-corrected chi connectivity index (χ4v) is 1.52. The van der Waals surface area contributed by atoms with Crippen molar-refractivity contribution in [2.45, 2.75) is 6.18 Å². The van der Waals surface area contributed by atoms with Crippen LogP contribution in [0.4, 0.5) is 13.2 Å². The van der Waals surface area contributed by atoms with Gasteiger partial charge in [-0.2, -0.15) is 13.2 Å². The summed E-state index contributed by atoms with van der Waals surface area (Å²) in [6, 6.07) is 6.03. The maximum absolute atomic E-state index is 12.7. The SMILES string of the molecule is FC(F)(F)c1ncncc1-c1ccc(Cl)cc1. The van der Waals surface area contributed by atoms with Gasteiger partial charge in [0.25, 0.3) is 0 Å². The van der Waals surface area contributed by atoms with E-state index in [1.165, 1.54) is 24.3 Å². The Kier molecular flexibility index (Phi) is 3.02. The molecule has 0 atom stereocenters. The molecular weight excluding hydrogens is 253 g/mol. The molecule has 0 unspecified atom stereocenters. The van der Waals surface area contributed by atoms with Gasteiger partial charge < -0.3 is 0 Å². The van der Waals surface area contributed by atoms with Crippen molar-refractivity contribution in [3.05, 3.63) is 47.5 Å². The van der Waals surface area contributed by atoms with E-state index in [1.54, 1.807) is 0 Å². The van der Waals surface area contributed by atoms with E-state index in [0.29, 0.717) is 10.6 Å². The Hall–Kier alpha value is -1.62. The normalized spacial score (nSPS) is 11.5. The van der Waals surface area contributed by atoms with Gasteiger partial charge >= 0.3 is 6.18 Å². The molecule has 0 fully saturated rings. The van der Waals surface area contributed by atoms with Crippen LogP contribution in [-0.4, -0.2) is 9.97 Å². The number of halogens is 4. The van der Waals surface area contributed by atoms with Gasteiger partial charge in [-0.3, -0.25) is 0 Å². The molecule has 6 heteroatoms. The third-order valence-electron chi connectivity index (χ3n) is 2.14. The summed E-state index contributed by atoms with van der Waals surface area (Å²) in [5.74, 6) is 0. The number of aromatic nitrogens is 2. The number of hydrogen-bond acceptors (Lipinski definition) is 2. The minimum Gasteiger partial charge on any atom is -0.244 e. The maximum Gasteiger partial charge on any atom is 0.434 e. The first-order valence-electron chi connectivity index (χ1n) is 4.61. The summed E-state index contributed by atoms with van der Waals surface area (Å²) in [4.78, 5) is 6.89. The van der Waals surface area contributed by atoms with Crippen molar-refractivity contribution in [2.75, 3.05) is 0 Å². The first kappa shape index (κ1) is 11.9. The number of rotatable bonds is 1. The predicted octanol–water partition coefficient (Wildman–Crippen LogP) is 3.82. The number of alkyl halides is 3. The monoisotopic (exact) mass is 258 g/mol. The summed E-state index contributed by atoms with van der Waals surface area (Å²) in [5, 5.41) is 0.458. The van der Waals surface area contributed by atoms with Crippen LogP contribution in [-0.2, 0) is 6.18 Å². The van der Waals surface area contributed by atoms with E-state index in [2.05, 4.69) is 9.97 Å². The molecule has 2 nitrogen and oxygen atoms in total. The molecular formula is C11H6ClF3N2. The van der Waals surface area contributed by atoms with Crippen molar-refractivity contribution in [1.82, 2.24) is 9.97 Å². The highest BCUT2D eigenvalue weighted by molar-refractivity contribution is 6.30. The Morgan fingerprint density at radius 2 is 1.71 bits per heavy atom. The van der Waals surface area contributed by atoms with Gasteiger partial charge in [-0.05, 0) is 17.7 Å². The van der Waals surface area contributed by atoms with Crippen LogP contribution in [0.2, 0.25) is 5.02 Å². The second-order valence-corrected chi connectivity index (χ2v) is 3.73. The predicted molar refractivity (Wildman–Crippen MR) is 57.5 cm³/mol. The largest absolute Gasteiger partial charge is 0.434 e. The van der Waals surface area contributed by atoms with Crippen molar-refractivity contribution in [3.8, 4) is 11.1 Å². The summed E-state index contributed by atoms with van der Waals surface area (Å²) in [5.41, 5.74) is -0.631. The van der Waals surface area contributed by atoms with Gasteiger partial charge in [-0.25, -0.2) is 9.97 Å². The van der Waals surface area contributed by atoms with E-state index in [0.717, 1.165) is 12.5 Å². The molecule has 0 N–H and O–H groups in total. The third kappa shape index (κ3) is 2.55. The fraction of sp³-hybridized carbons (Fsp3) is 0.0909. The van der Waals surface area contributed by atoms with Crippen LogP contribution < -0.4 is 0 Å². The fourth-order valence-electron chi connectivity index (χ4n) is 1.40. The average Bonchev–Trinajstić information content (AvgIpc) is 2.29. The quantitative estimate of drug-likeness (QED) is 0.777. The summed E-state index contributed by atoms with van der Waals surface area (Å²) in [6.07, 6.45) is -2.49. The third-order valence-corrected chi connectivity index (χ3v) is 2.39. The summed E-state index contributed by atoms with van der Waals surface area (Å²) < 4.78 is 38.1. The standard InChI is InChI=1S/C11H6ClF3N2/c12-8-3-1-7(2-4-8)9-5-16-6-17-10(9)11(13,14)15/h1-6H. The van der Waals surface area contributed by atoms with Crippen LogP contribution in [0.25, 0.3) is 11.1 Å². The molecule has 0 saturated carbocycles. The smallest absolute Gasteiger partial charge is 0.244 e. The highest BCUT2D eigenvalue weighted by Crippen LogP contribution is 2.34. The average molecular weight is 259 g/mol. The first-order chi connectivity index (χ1) is 7.98. The van der Waals surface area contributed by atoms with E-state index in [1.807, 2.05) is 0 Å². The molecule has 0 amide bonds. The lowest BCUT2D eigenvalue weighted by atomic mass is 10.1. The molecule has 0 aliphatic carbocycles. The highest BCUT2D eigenvalue weighted by Gasteiger charge is 2.35. The lowest BCUT2D eigenvalue weighted by molar-refractivity contribution is -0.140. The minimum atomic E-state index is -4.50. The van der Waals surface area contributed by atoms with Crippen LogP contribution in [0.3, 0.4) is 0 Å². The molecule has 0 aliphatic heterocycles. The first-order valence-corrected chi connectivity index (χ1v) is 4.99. The minimum absolute atomic E-state index is 0.0586. The molecule has 2 aromatic rings. The van der Waals surface area contributed by atoms with E-state index in [-0.39, 0.29) is 5.56 Å². The van der Waals surface area contributed by atoms with Crippen molar-refractivity contribution < 1.29 is 13.2 Å². The maximum atomic E-state index is 12.7. The molecule has 0 bridgehead atoms. The zero-order valence-corrected chi connectivity index (χ0v) is 9.13. The Morgan fingerprint density at radius 3 is 2.29 bits per heavy atom. The molecule has 1 heterocycles. The molecule has 17 heavy (non-hydrogen) atoms. The summed E-state index contributed by atoms with van der Waals surface area (Å²) in [7, 11) is 0. The zero-order valence-electron chi connectivity index (χ0n) is 8.37. The van der Waals surface area contributed by atoms with E-state index in [9.17, 15) is 13.2 Å². The van der Waals surface area contributed by atoms with Gasteiger partial charge in [0.05, 0.1) is 0 Å². The van der Waals surface area contributed by atoms with Crippen molar-refractivity contribution in [1.29, 1.82) is 0 Å². The molecule has 1 aromatic carbocycles. The molecule has 1 aromatic heterocycles. The van der Waals surface area contributed by atoms with Gasteiger partial charge in [0.1, 0.15) is 6.33 Å². The summed E-state index contributed by atoms with van der Waals surface area (Å²) in [6.45, 7) is 0. The molecule has 88 valence electrons. The van der Waals surface area contributed by atoms with Crippen LogP contribution in [0.5, 0.6) is 0 Å². The van der Waals surface area contributed by atoms with E-state index < -0.39 is 11.9 Å². The van der Waals surface area contributed by atoms with Crippen LogP contribution in [0.1, 0.15) is 5.69 Å². The van der Waals surface area contributed by atoms with Crippen LogP contribution >= 0.6 is 11.6 Å². The lowest BCUT2D eigenvalue weighted by Gasteiger charge is -2.10. The topological polar surface area (TPSA) is 25.8 Å². The van der Waals surface area contributed by atoms with Crippen molar-refractivity contribution in [3.63, 3.8) is 0 Å².